The van der Waals surface area contributed by atoms with Crippen molar-refractivity contribution in [1.29, 1.82) is 0 Å². The summed E-state index contributed by atoms with van der Waals surface area (Å²) < 4.78 is 0. The second kappa shape index (κ2) is 7.01. The summed E-state index contributed by atoms with van der Waals surface area (Å²) in [5.74, 6) is 1.06. The van der Waals surface area contributed by atoms with Crippen LogP contribution < -0.4 is 4.90 Å². The number of hydrogen-bond acceptors (Lipinski definition) is 3. The van der Waals surface area contributed by atoms with E-state index in [1.807, 2.05) is 17.8 Å². The third kappa shape index (κ3) is 3.60. The van der Waals surface area contributed by atoms with Crippen LogP contribution in [-0.4, -0.2) is 23.9 Å². The fourth-order valence-electron chi connectivity index (χ4n) is 2.83. The molecule has 0 saturated heterocycles. The Balaban J connectivity index is 1.66. The largest absolute Gasteiger partial charge is 0.388 e. The van der Waals surface area contributed by atoms with Gasteiger partial charge in [-0.2, -0.15) is 0 Å². The highest BCUT2D eigenvalue weighted by Gasteiger charge is 2.20. The topological polar surface area (TPSA) is 23.5 Å². The molecule has 0 aromatic heterocycles. The van der Waals surface area contributed by atoms with Crippen LogP contribution in [0.1, 0.15) is 24.5 Å². The zero-order valence-electron chi connectivity index (χ0n) is 12.1. The highest BCUT2D eigenvalue weighted by molar-refractivity contribution is 7.99. The van der Waals surface area contributed by atoms with Crippen molar-refractivity contribution in [1.82, 2.24) is 0 Å². The van der Waals surface area contributed by atoms with Crippen molar-refractivity contribution in [3.8, 4) is 0 Å². The van der Waals surface area contributed by atoms with E-state index in [1.165, 1.54) is 10.6 Å². The normalized spacial score (nSPS) is 18.1. The number of benzene rings is 2. The molecule has 3 heteroatoms. The minimum Gasteiger partial charge on any atom is -0.388 e. The van der Waals surface area contributed by atoms with Crippen molar-refractivity contribution in [3.63, 3.8) is 0 Å². The molecule has 21 heavy (non-hydrogen) atoms. The molecule has 0 amide bonds. The SMILES string of the molecule is OC1CCCN(CCSc2ccccc2)c2ccccc21. The lowest BCUT2D eigenvalue weighted by Crippen LogP contribution is -2.26. The Morgan fingerprint density at radius 3 is 2.67 bits per heavy atom. The average molecular weight is 299 g/mol. The number of para-hydroxylation sites is 1. The molecular formula is C18H21NOS. The Hall–Kier alpha value is -1.45. The maximum Gasteiger partial charge on any atom is 0.0810 e. The van der Waals surface area contributed by atoms with E-state index in [4.69, 9.17) is 0 Å². The average Bonchev–Trinajstić information content (AvgIpc) is 2.69. The van der Waals surface area contributed by atoms with Crippen molar-refractivity contribution in [2.75, 3.05) is 23.7 Å². The van der Waals surface area contributed by atoms with E-state index in [9.17, 15) is 5.11 Å². The van der Waals surface area contributed by atoms with E-state index >= 15 is 0 Å². The number of hydrogen-bond donors (Lipinski definition) is 1. The standard InChI is InChI=1S/C18H21NOS/c20-18-11-6-12-19(17-10-5-4-9-16(17)18)13-14-21-15-7-2-1-3-8-15/h1-5,7-10,18,20H,6,11-14H2. The quantitative estimate of drug-likeness (QED) is 0.859. The molecule has 1 unspecified atom stereocenters. The summed E-state index contributed by atoms with van der Waals surface area (Å²) in [7, 11) is 0. The molecule has 0 bridgehead atoms. The van der Waals surface area contributed by atoms with Crippen molar-refractivity contribution >= 4 is 17.4 Å². The Kier molecular flexibility index (Phi) is 4.84. The zero-order chi connectivity index (χ0) is 14.5. The Morgan fingerprint density at radius 1 is 1.05 bits per heavy atom. The molecule has 1 N–H and O–H groups in total. The van der Waals surface area contributed by atoms with Crippen LogP contribution in [0.2, 0.25) is 0 Å². The van der Waals surface area contributed by atoms with Crippen LogP contribution in [0.3, 0.4) is 0 Å². The van der Waals surface area contributed by atoms with Crippen LogP contribution in [0.15, 0.2) is 59.5 Å². The fourth-order valence-corrected chi connectivity index (χ4v) is 3.73. The molecule has 0 spiro atoms. The van der Waals surface area contributed by atoms with Crippen LogP contribution in [0.25, 0.3) is 0 Å². The van der Waals surface area contributed by atoms with Gasteiger partial charge in [-0.3, -0.25) is 0 Å². The van der Waals surface area contributed by atoms with Gasteiger partial charge in [-0.25, -0.2) is 0 Å². The Morgan fingerprint density at radius 2 is 1.81 bits per heavy atom. The van der Waals surface area contributed by atoms with Crippen molar-refractivity contribution < 1.29 is 5.11 Å². The number of anilines is 1. The van der Waals surface area contributed by atoms with Crippen LogP contribution in [0, 0.1) is 0 Å². The summed E-state index contributed by atoms with van der Waals surface area (Å²) in [5, 5.41) is 10.2. The molecule has 2 nitrogen and oxygen atoms in total. The number of fused-ring (bicyclic) bond motifs is 1. The van der Waals surface area contributed by atoms with Crippen molar-refractivity contribution in [2.45, 2.75) is 23.8 Å². The lowest BCUT2D eigenvalue weighted by atomic mass is 10.0. The van der Waals surface area contributed by atoms with Gasteiger partial charge in [0.1, 0.15) is 0 Å². The summed E-state index contributed by atoms with van der Waals surface area (Å²) >= 11 is 1.89. The molecule has 1 heterocycles. The number of rotatable bonds is 4. The van der Waals surface area contributed by atoms with Crippen molar-refractivity contribution in [3.05, 3.63) is 60.2 Å². The highest BCUT2D eigenvalue weighted by Crippen LogP contribution is 2.32. The molecule has 3 rings (SSSR count). The fraction of sp³-hybridized carbons (Fsp3) is 0.333. The molecule has 110 valence electrons. The van der Waals surface area contributed by atoms with Gasteiger partial charge in [0.05, 0.1) is 6.10 Å². The minimum absolute atomic E-state index is 0.312. The summed E-state index contributed by atoms with van der Waals surface area (Å²) in [6.07, 6.45) is 1.60. The smallest absolute Gasteiger partial charge is 0.0810 e. The molecule has 2 aromatic carbocycles. The molecule has 1 aliphatic rings. The summed E-state index contributed by atoms with van der Waals surface area (Å²) in [4.78, 5) is 3.74. The maximum atomic E-state index is 10.2. The minimum atomic E-state index is -0.312. The van der Waals surface area contributed by atoms with E-state index in [2.05, 4.69) is 53.4 Å². The van der Waals surface area contributed by atoms with E-state index < -0.39 is 0 Å². The van der Waals surface area contributed by atoms with Crippen LogP contribution in [0.4, 0.5) is 5.69 Å². The number of aliphatic hydroxyl groups excluding tert-OH is 1. The third-order valence-corrected chi connectivity index (χ3v) is 4.91. The monoisotopic (exact) mass is 299 g/mol. The van der Waals surface area contributed by atoms with Crippen LogP contribution in [0.5, 0.6) is 0 Å². The van der Waals surface area contributed by atoms with Crippen molar-refractivity contribution in [2.24, 2.45) is 0 Å². The second-order valence-electron chi connectivity index (χ2n) is 5.37. The van der Waals surface area contributed by atoms with Gasteiger partial charge >= 0.3 is 0 Å². The van der Waals surface area contributed by atoms with Gasteiger partial charge in [0.15, 0.2) is 0 Å². The molecule has 0 aliphatic carbocycles. The number of aliphatic hydroxyl groups is 1. The molecule has 2 aromatic rings. The third-order valence-electron chi connectivity index (χ3n) is 3.92. The van der Waals surface area contributed by atoms with Gasteiger partial charge in [0, 0.05) is 35.0 Å². The first kappa shape index (κ1) is 14.5. The number of nitrogens with zero attached hydrogens (tertiary/aromatic N) is 1. The lowest BCUT2D eigenvalue weighted by Gasteiger charge is -2.25. The maximum absolute atomic E-state index is 10.2. The van der Waals surface area contributed by atoms with E-state index in [1.54, 1.807) is 0 Å². The molecular weight excluding hydrogens is 278 g/mol. The predicted octanol–water partition coefficient (Wildman–Crippen LogP) is 4.11. The van der Waals surface area contributed by atoms with E-state index in [-0.39, 0.29) is 6.10 Å². The summed E-state index contributed by atoms with van der Waals surface area (Å²) in [6.45, 7) is 2.05. The first-order valence-corrected chi connectivity index (χ1v) is 8.53. The zero-order valence-corrected chi connectivity index (χ0v) is 12.9. The first-order valence-electron chi connectivity index (χ1n) is 7.54. The summed E-state index contributed by atoms with van der Waals surface area (Å²) in [5.41, 5.74) is 2.29. The molecule has 1 aliphatic heterocycles. The van der Waals surface area contributed by atoms with E-state index in [0.29, 0.717) is 0 Å². The van der Waals surface area contributed by atoms with Gasteiger partial charge in [-0.05, 0) is 31.0 Å². The van der Waals surface area contributed by atoms with E-state index in [0.717, 1.165) is 37.2 Å². The molecule has 0 fully saturated rings. The highest BCUT2D eigenvalue weighted by atomic mass is 32.2. The van der Waals surface area contributed by atoms with Crippen LogP contribution in [-0.2, 0) is 0 Å². The second-order valence-corrected chi connectivity index (χ2v) is 6.53. The Bertz CT molecular complexity index is 572. The van der Waals surface area contributed by atoms with Gasteiger partial charge in [-0.15, -0.1) is 11.8 Å². The number of thioether (sulfide) groups is 1. The van der Waals surface area contributed by atoms with Gasteiger partial charge in [-0.1, -0.05) is 36.4 Å². The first-order chi connectivity index (χ1) is 10.3. The van der Waals surface area contributed by atoms with Gasteiger partial charge in [0.25, 0.3) is 0 Å². The van der Waals surface area contributed by atoms with Gasteiger partial charge < -0.3 is 10.0 Å². The molecule has 0 saturated carbocycles. The molecule has 1 atom stereocenters. The lowest BCUT2D eigenvalue weighted by molar-refractivity contribution is 0.168. The Labute approximate surface area is 130 Å². The van der Waals surface area contributed by atoms with Crippen LogP contribution >= 0.6 is 11.8 Å². The predicted molar refractivity (Wildman–Crippen MR) is 90.0 cm³/mol. The molecule has 0 radical (unpaired) electrons. The summed E-state index contributed by atoms with van der Waals surface area (Å²) in [6, 6.07) is 18.8. The van der Waals surface area contributed by atoms with Gasteiger partial charge in [0.2, 0.25) is 0 Å².